The van der Waals surface area contributed by atoms with Gasteiger partial charge in [-0.3, -0.25) is 4.79 Å². The molecule has 1 atom stereocenters. The number of ketones is 1. The summed E-state index contributed by atoms with van der Waals surface area (Å²) in [6, 6.07) is 3.45. The van der Waals surface area contributed by atoms with Gasteiger partial charge in [0, 0.05) is 6.07 Å². The molecule has 0 heterocycles. The van der Waals surface area contributed by atoms with E-state index in [4.69, 9.17) is 10.5 Å². The van der Waals surface area contributed by atoms with Crippen LogP contribution in [-0.4, -0.2) is 18.9 Å². The van der Waals surface area contributed by atoms with Gasteiger partial charge in [0.15, 0.2) is 5.78 Å². The molecule has 0 aliphatic rings. The molecule has 0 saturated heterocycles. The molecule has 1 rings (SSSR count). The normalized spacial score (nSPS) is 12.6. The number of hydrogen-bond acceptors (Lipinski definition) is 3. The van der Waals surface area contributed by atoms with Gasteiger partial charge >= 0.3 is 0 Å². The van der Waals surface area contributed by atoms with E-state index in [9.17, 15) is 9.18 Å². The minimum atomic E-state index is -0.678. The van der Waals surface area contributed by atoms with Gasteiger partial charge in [-0.2, -0.15) is 0 Å². The van der Waals surface area contributed by atoms with Crippen LogP contribution in [0.25, 0.3) is 0 Å². The lowest BCUT2D eigenvalue weighted by atomic mass is 9.95. The van der Waals surface area contributed by atoms with E-state index < -0.39 is 11.9 Å². The fraction of sp³-hybridized carbons (Fsp3) is 0.417. The standard InChI is InChI=1S/C12H16FNO2/c1-7(2)11(14)12(15)9-5-4-8(16-3)6-10(9)13/h4-7,11H,14H2,1-3H3. The van der Waals surface area contributed by atoms with Gasteiger partial charge in [-0.15, -0.1) is 0 Å². The van der Waals surface area contributed by atoms with E-state index in [1.807, 2.05) is 13.8 Å². The van der Waals surface area contributed by atoms with Crippen LogP contribution in [-0.2, 0) is 0 Å². The fourth-order valence-corrected chi connectivity index (χ4v) is 1.30. The number of benzene rings is 1. The van der Waals surface area contributed by atoms with Crippen molar-refractivity contribution >= 4 is 5.78 Å². The Kier molecular flexibility index (Phi) is 4.01. The van der Waals surface area contributed by atoms with Gasteiger partial charge in [-0.05, 0) is 18.1 Å². The minimum Gasteiger partial charge on any atom is -0.497 e. The van der Waals surface area contributed by atoms with Crippen molar-refractivity contribution in [3.8, 4) is 5.75 Å². The molecule has 2 N–H and O–H groups in total. The average Bonchev–Trinajstić information content (AvgIpc) is 2.26. The molecule has 3 nitrogen and oxygen atoms in total. The number of halogens is 1. The summed E-state index contributed by atoms with van der Waals surface area (Å²) in [6.45, 7) is 3.65. The second kappa shape index (κ2) is 5.07. The number of carbonyl (C=O) groups excluding carboxylic acids is 1. The molecule has 0 spiro atoms. The zero-order chi connectivity index (χ0) is 12.3. The minimum absolute atomic E-state index is 0.0157. The van der Waals surface area contributed by atoms with E-state index in [0.29, 0.717) is 5.75 Å². The van der Waals surface area contributed by atoms with Crippen molar-refractivity contribution in [2.24, 2.45) is 11.7 Å². The Morgan fingerprint density at radius 1 is 1.44 bits per heavy atom. The Hall–Kier alpha value is -1.42. The topological polar surface area (TPSA) is 52.3 Å². The first-order valence-electron chi connectivity index (χ1n) is 5.10. The maximum absolute atomic E-state index is 13.6. The molecule has 0 bridgehead atoms. The Balaban J connectivity index is 3.01. The second-order valence-corrected chi connectivity index (χ2v) is 3.98. The van der Waals surface area contributed by atoms with Crippen molar-refractivity contribution in [2.75, 3.05) is 7.11 Å². The van der Waals surface area contributed by atoms with Crippen LogP contribution in [0.3, 0.4) is 0 Å². The number of nitrogens with two attached hydrogens (primary N) is 1. The zero-order valence-corrected chi connectivity index (χ0v) is 9.66. The molecule has 88 valence electrons. The summed E-state index contributed by atoms with van der Waals surface area (Å²) in [5.74, 6) is -0.614. The summed E-state index contributed by atoms with van der Waals surface area (Å²) in [5.41, 5.74) is 5.70. The number of rotatable bonds is 4. The lowest BCUT2D eigenvalue weighted by molar-refractivity contribution is 0.0936. The summed E-state index contributed by atoms with van der Waals surface area (Å²) in [5, 5.41) is 0. The van der Waals surface area contributed by atoms with Gasteiger partial charge in [-0.1, -0.05) is 13.8 Å². The van der Waals surface area contributed by atoms with Crippen LogP contribution in [0.2, 0.25) is 0 Å². The first-order chi connectivity index (χ1) is 7.47. The third-order valence-electron chi connectivity index (χ3n) is 2.46. The highest BCUT2D eigenvalue weighted by Crippen LogP contribution is 2.18. The molecule has 4 heteroatoms. The fourth-order valence-electron chi connectivity index (χ4n) is 1.30. The van der Waals surface area contributed by atoms with E-state index >= 15 is 0 Å². The maximum atomic E-state index is 13.6. The van der Waals surface area contributed by atoms with E-state index in [-0.39, 0.29) is 17.3 Å². The predicted molar refractivity (Wildman–Crippen MR) is 60.1 cm³/mol. The Morgan fingerprint density at radius 2 is 2.06 bits per heavy atom. The van der Waals surface area contributed by atoms with Crippen molar-refractivity contribution in [1.29, 1.82) is 0 Å². The SMILES string of the molecule is COc1ccc(C(=O)C(N)C(C)C)c(F)c1. The Bertz CT molecular complexity index is 391. The van der Waals surface area contributed by atoms with Crippen molar-refractivity contribution in [3.05, 3.63) is 29.6 Å². The molecule has 0 amide bonds. The molecule has 1 aromatic rings. The number of carbonyl (C=O) groups is 1. The molecule has 0 aliphatic heterocycles. The van der Waals surface area contributed by atoms with Gasteiger partial charge < -0.3 is 10.5 Å². The van der Waals surface area contributed by atoms with Crippen LogP contribution in [0, 0.1) is 11.7 Å². The molecule has 16 heavy (non-hydrogen) atoms. The van der Waals surface area contributed by atoms with Gasteiger partial charge in [0.05, 0.1) is 18.7 Å². The summed E-state index contributed by atoms with van der Waals surface area (Å²) in [4.78, 5) is 11.8. The quantitative estimate of drug-likeness (QED) is 0.797. The molecule has 0 aliphatic carbocycles. The van der Waals surface area contributed by atoms with E-state index in [1.165, 1.54) is 19.2 Å². The molecular weight excluding hydrogens is 209 g/mol. The van der Waals surface area contributed by atoms with Crippen LogP contribution in [0.4, 0.5) is 4.39 Å². The summed E-state index contributed by atoms with van der Waals surface area (Å²) in [6.07, 6.45) is 0. The Labute approximate surface area is 94.4 Å². The van der Waals surface area contributed by atoms with Crippen molar-refractivity contribution < 1.29 is 13.9 Å². The van der Waals surface area contributed by atoms with Crippen LogP contribution >= 0.6 is 0 Å². The van der Waals surface area contributed by atoms with Gasteiger partial charge in [-0.25, -0.2) is 4.39 Å². The summed E-state index contributed by atoms with van der Waals surface area (Å²) >= 11 is 0. The molecule has 0 aromatic heterocycles. The molecular formula is C12H16FNO2. The first kappa shape index (κ1) is 12.6. The van der Waals surface area contributed by atoms with Crippen molar-refractivity contribution in [1.82, 2.24) is 0 Å². The lowest BCUT2D eigenvalue weighted by Gasteiger charge is -2.14. The zero-order valence-electron chi connectivity index (χ0n) is 9.66. The van der Waals surface area contributed by atoms with Crippen LogP contribution < -0.4 is 10.5 Å². The number of methoxy groups -OCH3 is 1. The van der Waals surface area contributed by atoms with Crippen molar-refractivity contribution in [3.63, 3.8) is 0 Å². The van der Waals surface area contributed by atoms with E-state index in [1.54, 1.807) is 6.07 Å². The monoisotopic (exact) mass is 225 g/mol. The predicted octanol–water partition coefficient (Wildman–Crippen LogP) is 2.00. The molecule has 0 fully saturated rings. The highest BCUT2D eigenvalue weighted by molar-refractivity contribution is 6.00. The number of ether oxygens (including phenoxy) is 1. The molecule has 1 unspecified atom stereocenters. The third-order valence-corrected chi connectivity index (χ3v) is 2.46. The average molecular weight is 225 g/mol. The smallest absolute Gasteiger partial charge is 0.182 e. The molecule has 0 saturated carbocycles. The first-order valence-corrected chi connectivity index (χ1v) is 5.10. The van der Waals surface area contributed by atoms with Crippen LogP contribution in [0.1, 0.15) is 24.2 Å². The lowest BCUT2D eigenvalue weighted by Crippen LogP contribution is -2.36. The maximum Gasteiger partial charge on any atom is 0.182 e. The van der Waals surface area contributed by atoms with Gasteiger partial charge in [0.1, 0.15) is 11.6 Å². The van der Waals surface area contributed by atoms with Crippen LogP contribution in [0.15, 0.2) is 18.2 Å². The summed E-state index contributed by atoms with van der Waals surface area (Å²) < 4.78 is 18.4. The largest absolute Gasteiger partial charge is 0.497 e. The summed E-state index contributed by atoms with van der Waals surface area (Å²) in [7, 11) is 1.44. The van der Waals surface area contributed by atoms with Crippen molar-refractivity contribution in [2.45, 2.75) is 19.9 Å². The highest BCUT2D eigenvalue weighted by Gasteiger charge is 2.22. The van der Waals surface area contributed by atoms with Gasteiger partial charge in [0.2, 0.25) is 0 Å². The second-order valence-electron chi connectivity index (χ2n) is 3.98. The molecule has 1 aromatic carbocycles. The van der Waals surface area contributed by atoms with E-state index in [2.05, 4.69) is 0 Å². The molecule has 0 radical (unpaired) electrons. The Morgan fingerprint density at radius 3 is 2.50 bits per heavy atom. The van der Waals surface area contributed by atoms with Crippen LogP contribution in [0.5, 0.6) is 5.75 Å². The highest BCUT2D eigenvalue weighted by atomic mass is 19.1. The number of Topliss-reactive ketones (excluding diaryl/α,β-unsaturated/α-hetero) is 1. The van der Waals surface area contributed by atoms with Gasteiger partial charge in [0.25, 0.3) is 0 Å². The third kappa shape index (κ3) is 2.58. The number of hydrogen-bond donors (Lipinski definition) is 1. The van der Waals surface area contributed by atoms with E-state index in [0.717, 1.165) is 0 Å².